The van der Waals surface area contributed by atoms with Gasteiger partial charge in [-0.2, -0.15) is 5.10 Å². The zero-order valence-corrected chi connectivity index (χ0v) is 18.4. The molecule has 162 valence electrons. The molecule has 0 radical (unpaired) electrons. The van der Waals surface area contributed by atoms with E-state index >= 15 is 0 Å². The molecule has 0 bridgehead atoms. The molecule has 0 N–H and O–H groups in total. The van der Waals surface area contributed by atoms with Crippen molar-refractivity contribution in [1.82, 2.24) is 5.01 Å². The third-order valence-corrected chi connectivity index (χ3v) is 6.10. The molecule has 7 nitrogen and oxygen atoms in total. The number of hydrogen-bond acceptors (Lipinski definition) is 6. The second-order valence-electron chi connectivity index (χ2n) is 7.50. The minimum atomic E-state index is -0.679. The number of nitrogens with zero attached hydrogens (tertiary/aromatic N) is 3. The molecule has 0 saturated heterocycles. The Balaban J connectivity index is 1.61. The van der Waals surface area contributed by atoms with Gasteiger partial charge in [-0.1, -0.05) is 35.3 Å². The fraction of sp³-hybridized carbons (Fsp3) is 0.174. The molecule has 9 heteroatoms. The van der Waals surface area contributed by atoms with Crippen molar-refractivity contribution in [2.24, 2.45) is 5.10 Å². The summed E-state index contributed by atoms with van der Waals surface area (Å²) in [6.45, 7) is 0. The standard InChI is InChI=1S/C23H17Cl2N3O4/c1-31-17-7-5-13(6-8-17)20-12-21-18-10-15(24)11-19(25)22(18)32-23(27(21)26-20)14-3-2-4-16(9-14)28(29)30/h2-11,21,23H,12H2,1H3/t21-,23+/m1/s1. The van der Waals surface area contributed by atoms with Gasteiger partial charge in [-0.3, -0.25) is 10.1 Å². The predicted octanol–water partition coefficient (Wildman–Crippen LogP) is 6.15. The molecular formula is C23H17Cl2N3O4. The summed E-state index contributed by atoms with van der Waals surface area (Å²) in [5, 5.41) is 18.9. The zero-order valence-electron chi connectivity index (χ0n) is 16.9. The van der Waals surface area contributed by atoms with Crippen molar-refractivity contribution in [3.63, 3.8) is 0 Å². The van der Waals surface area contributed by atoms with Crippen LogP contribution >= 0.6 is 23.2 Å². The molecule has 2 aliphatic rings. The van der Waals surface area contributed by atoms with Crippen LogP contribution < -0.4 is 9.47 Å². The monoisotopic (exact) mass is 469 g/mol. The van der Waals surface area contributed by atoms with E-state index in [2.05, 4.69) is 0 Å². The molecule has 2 aliphatic heterocycles. The summed E-state index contributed by atoms with van der Waals surface area (Å²) in [5.41, 5.74) is 3.24. The minimum absolute atomic E-state index is 0.0193. The third kappa shape index (κ3) is 3.53. The SMILES string of the molecule is COc1ccc(C2=NN3[C@H](C2)c2cc(Cl)cc(Cl)c2O[C@H]3c2cccc([N+](=O)[O-])c2)cc1. The highest BCUT2D eigenvalue weighted by Crippen LogP contribution is 2.51. The van der Waals surface area contributed by atoms with Crippen LogP contribution in [0.1, 0.15) is 35.4 Å². The lowest BCUT2D eigenvalue weighted by molar-refractivity contribution is -0.385. The Morgan fingerprint density at radius 2 is 1.94 bits per heavy atom. The Bertz CT molecular complexity index is 1250. The molecule has 32 heavy (non-hydrogen) atoms. The highest BCUT2D eigenvalue weighted by Gasteiger charge is 2.42. The number of methoxy groups -OCH3 is 1. The number of halogens is 2. The topological polar surface area (TPSA) is 77.2 Å². The maximum atomic E-state index is 11.3. The lowest BCUT2D eigenvalue weighted by Gasteiger charge is -2.38. The quantitative estimate of drug-likeness (QED) is 0.338. The fourth-order valence-corrected chi connectivity index (χ4v) is 4.64. The van der Waals surface area contributed by atoms with Crippen molar-refractivity contribution in [2.75, 3.05) is 7.11 Å². The van der Waals surface area contributed by atoms with Crippen LogP contribution in [0.3, 0.4) is 0 Å². The van der Waals surface area contributed by atoms with Gasteiger partial charge in [-0.25, -0.2) is 5.01 Å². The molecule has 0 aliphatic carbocycles. The summed E-state index contributed by atoms with van der Waals surface area (Å²) in [4.78, 5) is 10.9. The van der Waals surface area contributed by atoms with Crippen molar-refractivity contribution in [3.05, 3.63) is 97.5 Å². The molecule has 3 aromatic rings. The number of nitro benzene ring substituents is 1. The highest BCUT2D eigenvalue weighted by molar-refractivity contribution is 6.35. The van der Waals surface area contributed by atoms with Crippen LogP contribution in [0.15, 0.2) is 65.8 Å². The molecule has 0 unspecified atom stereocenters. The number of hydrogen-bond donors (Lipinski definition) is 0. The Hall–Kier alpha value is -3.29. The van der Waals surface area contributed by atoms with Crippen LogP contribution in [-0.4, -0.2) is 22.8 Å². The van der Waals surface area contributed by atoms with Crippen molar-refractivity contribution in [3.8, 4) is 11.5 Å². The lowest BCUT2D eigenvalue weighted by atomic mass is 9.95. The van der Waals surface area contributed by atoms with Gasteiger partial charge in [0.1, 0.15) is 11.5 Å². The second-order valence-corrected chi connectivity index (χ2v) is 8.35. The summed E-state index contributed by atoms with van der Waals surface area (Å²) in [5.74, 6) is 1.27. The zero-order chi connectivity index (χ0) is 22.4. The third-order valence-electron chi connectivity index (χ3n) is 5.60. The van der Waals surface area contributed by atoms with Gasteiger partial charge in [-0.05, 0) is 42.0 Å². The van der Waals surface area contributed by atoms with Gasteiger partial charge in [0.25, 0.3) is 5.69 Å². The Labute approximate surface area is 193 Å². The van der Waals surface area contributed by atoms with Gasteiger partial charge < -0.3 is 9.47 Å². The number of fused-ring (bicyclic) bond motifs is 3. The number of benzene rings is 3. The number of hydrazone groups is 1. The van der Waals surface area contributed by atoms with E-state index < -0.39 is 11.2 Å². The first-order valence-electron chi connectivity index (χ1n) is 9.85. The lowest BCUT2D eigenvalue weighted by Crippen LogP contribution is -2.33. The number of ether oxygens (including phenoxy) is 2. The summed E-state index contributed by atoms with van der Waals surface area (Å²) in [6, 6.07) is 17.3. The first-order valence-corrected chi connectivity index (χ1v) is 10.6. The van der Waals surface area contributed by atoms with Crippen LogP contribution in [0, 0.1) is 10.1 Å². The highest BCUT2D eigenvalue weighted by atomic mass is 35.5. The average Bonchev–Trinajstić information content (AvgIpc) is 3.24. The molecule has 0 fully saturated rings. The van der Waals surface area contributed by atoms with E-state index in [0.29, 0.717) is 27.8 Å². The summed E-state index contributed by atoms with van der Waals surface area (Å²) in [7, 11) is 1.62. The van der Waals surface area contributed by atoms with Crippen LogP contribution in [-0.2, 0) is 0 Å². The molecule has 5 rings (SSSR count). The van der Waals surface area contributed by atoms with E-state index in [4.69, 9.17) is 37.8 Å². The molecule has 2 heterocycles. The van der Waals surface area contributed by atoms with Crippen molar-refractivity contribution >= 4 is 34.6 Å². The maximum absolute atomic E-state index is 11.3. The van der Waals surface area contributed by atoms with Crippen LogP contribution in [0.4, 0.5) is 5.69 Å². The smallest absolute Gasteiger partial charge is 0.269 e. The first-order chi connectivity index (χ1) is 15.4. The second kappa shape index (κ2) is 8.00. The Morgan fingerprint density at radius 3 is 2.66 bits per heavy atom. The van der Waals surface area contributed by atoms with Crippen LogP contribution in [0.2, 0.25) is 10.0 Å². The molecule has 0 saturated carbocycles. The van der Waals surface area contributed by atoms with Crippen molar-refractivity contribution in [1.29, 1.82) is 0 Å². The van der Waals surface area contributed by atoms with E-state index in [1.54, 1.807) is 25.3 Å². The Kier molecular flexibility index (Phi) is 5.15. The van der Waals surface area contributed by atoms with E-state index in [0.717, 1.165) is 22.6 Å². The van der Waals surface area contributed by atoms with Gasteiger partial charge in [0.15, 0.2) is 0 Å². The van der Waals surface area contributed by atoms with Crippen molar-refractivity contribution in [2.45, 2.75) is 18.7 Å². The number of rotatable bonds is 4. The molecular weight excluding hydrogens is 453 g/mol. The van der Waals surface area contributed by atoms with Gasteiger partial charge in [0.05, 0.1) is 28.8 Å². The van der Waals surface area contributed by atoms with Crippen molar-refractivity contribution < 1.29 is 14.4 Å². The molecule has 3 aromatic carbocycles. The average molecular weight is 470 g/mol. The van der Waals surface area contributed by atoms with E-state index in [1.165, 1.54) is 12.1 Å². The van der Waals surface area contributed by atoms with Crippen LogP contribution in [0.5, 0.6) is 11.5 Å². The van der Waals surface area contributed by atoms with Gasteiger partial charge in [-0.15, -0.1) is 0 Å². The van der Waals surface area contributed by atoms with E-state index in [9.17, 15) is 10.1 Å². The molecule has 0 aromatic heterocycles. The summed E-state index contributed by atoms with van der Waals surface area (Å²) >= 11 is 12.8. The van der Waals surface area contributed by atoms with Gasteiger partial charge in [0, 0.05) is 34.7 Å². The number of non-ortho nitro benzene ring substituents is 1. The summed E-state index contributed by atoms with van der Waals surface area (Å²) < 4.78 is 11.5. The summed E-state index contributed by atoms with van der Waals surface area (Å²) in [6.07, 6.45) is -0.0769. The van der Waals surface area contributed by atoms with Gasteiger partial charge >= 0.3 is 0 Å². The Morgan fingerprint density at radius 1 is 1.16 bits per heavy atom. The fourth-order valence-electron chi connectivity index (χ4n) is 4.08. The predicted molar refractivity (Wildman–Crippen MR) is 122 cm³/mol. The van der Waals surface area contributed by atoms with Crippen LogP contribution in [0.25, 0.3) is 0 Å². The van der Waals surface area contributed by atoms with E-state index in [1.807, 2.05) is 35.3 Å². The largest absolute Gasteiger partial charge is 0.497 e. The first kappa shape index (κ1) is 20.6. The molecule has 0 spiro atoms. The van der Waals surface area contributed by atoms with E-state index in [-0.39, 0.29) is 11.7 Å². The maximum Gasteiger partial charge on any atom is 0.269 e. The normalized spacial score (nSPS) is 19.0. The molecule has 0 amide bonds. The minimum Gasteiger partial charge on any atom is -0.497 e. The molecule has 2 atom stereocenters. The van der Waals surface area contributed by atoms with Gasteiger partial charge in [0.2, 0.25) is 6.23 Å². The number of nitro groups is 1.